The minimum absolute atomic E-state index is 0.0937. The number of hydrogen-bond donors (Lipinski definition) is 1. The first-order valence-corrected chi connectivity index (χ1v) is 8.63. The fraction of sp³-hybridized carbons (Fsp3) is 0.625. The van der Waals surface area contributed by atoms with Crippen LogP contribution in [0.4, 0.5) is 5.82 Å². The molecule has 0 radical (unpaired) electrons. The number of pyridine rings is 1. The molecule has 4 nitrogen and oxygen atoms in total. The summed E-state index contributed by atoms with van der Waals surface area (Å²) in [6.45, 7) is 6.74. The third-order valence-corrected chi connectivity index (χ3v) is 4.02. The van der Waals surface area contributed by atoms with Gasteiger partial charge in [0.1, 0.15) is 5.82 Å². The van der Waals surface area contributed by atoms with Gasteiger partial charge in [-0.3, -0.25) is 4.79 Å². The number of amides is 1. The molecule has 0 saturated heterocycles. The molecule has 1 aromatic rings. The molecule has 0 aliphatic heterocycles. The van der Waals surface area contributed by atoms with Crippen LogP contribution in [-0.4, -0.2) is 35.4 Å². The molecule has 0 atom stereocenters. The second-order valence-electron chi connectivity index (χ2n) is 5.67. The van der Waals surface area contributed by atoms with Crippen molar-refractivity contribution in [1.82, 2.24) is 9.88 Å². The van der Waals surface area contributed by atoms with Gasteiger partial charge in [0.25, 0.3) is 5.91 Å². The first-order chi connectivity index (χ1) is 10.2. The highest BCUT2D eigenvalue weighted by molar-refractivity contribution is 9.10. The standard InChI is InChI=1S/C16H24BrN3O/c1-3-7-18-15-14(9-13(17)10-19-15)16(21)20(8-4-2)11-12-5-6-12/h9-10,12H,3-8,11H2,1-2H3,(H,18,19). The van der Waals surface area contributed by atoms with Crippen molar-refractivity contribution in [3.63, 3.8) is 0 Å². The second-order valence-corrected chi connectivity index (χ2v) is 6.59. The van der Waals surface area contributed by atoms with Crippen molar-refractivity contribution < 1.29 is 4.79 Å². The predicted octanol–water partition coefficient (Wildman–Crippen LogP) is 3.93. The van der Waals surface area contributed by atoms with Gasteiger partial charge >= 0.3 is 0 Å². The van der Waals surface area contributed by atoms with Crippen LogP contribution in [0.3, 0.4) is 0 Å². The lowest BCUT2D eigenvalue weighted by molar-refractivity contribution is 0.0748. The summed E-state index contributed by atoms with van der Waals surface area (Å²) in [7, 11) is 0. The van der Waals surface area contributed by atoms with E-state index >= 15 is 0 Å². The quantitative estimate of drug-likeness (QED) is 0.769. The van der Waals surface area contributed by atoms with E-state index in [2.05, 4.69) is 40.1 Å². The van der Waals surface area contributed by atoms with Crippen molar-refractivity contribution in [2.45, 2.75) is 39.5 Å². The highest BCUT2D eigenvalue weighted by atomic mass is 79.9. The summed E-state index contributed by atoms with van der Waals surface area (Å²) in [6.07, 6.45) is 6.24. The fourth-order valence-corrected chi connectivity index (χ4v) is 2.65. The average Bonchev–Trinajstić information content (AvgIpc) is 3.29. The van der Waals surface area contributed by atoms with Gasteiger partial charge in [0.05, 0.1) is 5.56 Å². The number of nitrogens with one attached hydrogen (secondary N) is 1. The van der Waals surface area contributed by atoms with E-state index in [1.165, 1.54) is 12.8 Å². The highest BCUT2D eigenvalue weighted by Crippen LogP contribution is 2.31. The van der Waals surface area contributed by atoms with Crippen LogP contribution in [0, 0.1) is 5.92 Å². The smallest absolute Gasteiger partial charge is 0.257 e. The number of hydrogen-bond acceptors (Lipinski definition) is 3. The number of anilines is 1. The van der Waals surface area contributed by atoms with E-state index in [-0.39, 0.29) is 5.91 Å². The lowest BCUT2D eigenvalue weighted by Crippen LogP contribution is -2.34. The van der Waals surface area contributed by atoms with Gasteiger partial charge in [0.2, 0.25) is 0 Å². The Hall–Kier alpha value is -1.10. The third kappa shape index (κ3) is 4.70. The summed E-state index contributed by atoms with van der Waals surface area (Å²) < 4.78 is 0.843. The molecular weight excluding hydrogens is 330 g/mol. The maximum Gasteiger partial charge on any atom is 0.257 e. The molecule has 116 valence electrons. The lowest BCUT2D eigenvalue weighted by Gasteiger charge is -2.23. The highest BCUT2D eigenvalue weighted by Gasteiger charge is 2.28. The van der Waals surface area contributed by atoms with Crippen LogP contribution in [0.15, 0.2) is 16.7 Å². The van der Waals surface area contributed by atoms with Gasteiger partial charge in [-0.2, -0.15) is 0 Å². The summed E-state index contributed by atoms with van der Waals surface area (Å²) >= 11 is 3.42. The molecule has 5 heteroatoms. The number of nitrogens with zero attached hydrogens (tertiary/aromatic N) is 2. The Labute approximate surface area is 135 Å². The molecule has 1 aromatic heterocycles. The van der Waals surface area contributed by atoms with Crippen LogP contribution < -0.4 is 5.32 Å². The fourth-order valence-electron chi connectivity index (χ4n) is 2.31. The van der Waals surface area contributed by atoms with Crippen molar-refractivity contribution in [1.29, 1.82) is 0 Å². The number of carbonyl (C=O) groups is 1. The van der Waals surface area contributed by atoms with Crippen LogP contribution in [0.2, 0.25) is 0 Å². The van der Waals surface area contributed by atoms with Gasteiger partial charge in [0, 0.05) is 30.3 Å². The predicted molar refractivity (Wildman–Crippen MR) is 89.6 cm³/mol. The van der Waals surface area contributed by atoms with E-state index in [1.807, 2.05) is 11.0 Å². The Kier molecular flexibility index (Phi) is 6.03. The molecule has 1 N–H and O–H groups in total. The summed E-state index contributed by atoms with van der Waals surface area (Å²) in [5, 5.41) is 3.26. The number of halogens is 1. The minimum Gasteiger partial charge on any atom is -0.369 e. The molecule has 0 bridgehead atoms. The molecule has 1 amide bonds. The van der Waals surface area contributed by atoms with Gasteiger partial charge < -0.3 is 10.2 Å². The van der Waals surface area contributed by atoms with Crippen molar-refractivity contribution in [2.24, 2.45) is 5.92 Å². The van der Waals surface area contributed by atoms with E-state index in [0.29, 0.717) is 17.3 Å². The molecule has 1 heterocycles. The summed E-state index contributed by atoms with van der Waals surface area (Å²) in [4.78, 5) is 19.2. The Morgan fingerprint density at radius 2 is 2.19 bits per heavy atom. The van der Waals surface area contributed by atoms with Crippen molar-refractivity contribution in [2.75, 3.05) is 25.0 Å². The first kappa shape index (κ1) is 16.3. The molecule has 21 heavy (non-hydrogen) atoms. The molecule has 0 unspecified atom stereocenters. The molecule has 1 aliphatic carbocycles. The molecule has 2 rings (SSSR count). The van der Waals surface area contributed by atoms with Crippen LogP contribution >= 0.6 is 15.9 Å². The van der Waals surface area contributed by atoms with Gasteiger partial charge in [0.15, 0.2) is 0 Å². The van der Waals surface area contributed by atoms with Crippen LogP contribution in [0.5, 0.6) is 0 Å². The number of rotatable bonds is 8. The zero-order valence-electron chi connectivity index (χ0n) is 12.9. The Bertz CT molecular complexity index is 488. The molecule has 1 aliphatic rings. The van der Waals surface area contributed by atoms with E-state index in [0.717, 1.165) is 36.9 Å². The monoisotopic (exact) mass is 353 g/mol. The van der Waals surface area contributed by atoms with Gasteiger partial charge in [-0.1, -0.05) is 13.8 Å². The van der Waals surface area contributed by atoms with Gasteiger partial charge in [-0.25, -0.2) is 4.98 Å². The molecule has 1 fully saturated rings. The van der Waals surface area contributed by atoms with E-state index in [1.54, 1.807) is 6.20 Å². The zero-order valence-corrected chi connectivity index (χ0v) is 14.4. The van der Waals surface area contributed by atoms with E-state index in [4.69, 9.17) is 0 Å². The molecular formula is C16H24BrN3O. The van der Waals surface area contributed by atoms with E-state index in [9.17, 15) is 4.79 Å². The molecule has 0 spiro atoms. The van der Waals surface area contributed by atoms with Crippen molar-refractivity contribution in [3.8, 4) is 0 Å². The van der Waals surface area contributed by atoms with Gasteiger partial charge in [-0.15, -0.1) is 0 Å². The van der Waals surface area contributed by atoms with Crippen LogP contribution in [0.25, 0.3) is 0 Å². The summed E-state index contributed by atoms with van der Waals surface area (Å²) in [6, 6.07) is 1.88. The van der Waals surface area contributed by atoms with Crippen molar-refractivity contribution >= 4 is 27.7 Å². The maximum absolute atomic E-state index is 12.9. The Morgan fingerprint density at radius 1 is 1.43 bits per heavy atom. The molecule has 1 saturated carbocycles. The third-order valence-electron chi connectivity index (χ3n) is 3.58. The normalized spacial score (nSPS) is 14.0. The Balaban J connectivity index is 2.19. The first-order valence-electron chi connectivity index (χ1n) is 7.84. The van der Waals surface area contributed by atoms with Crippen molar-refractivity contribution in [3.05, 3.63) is 22.3 Å². The maximum atomic E-state index is 12.9. The second kappa shape index (κ2) is 7.78. The minimum atomic E-state index is 0.0937. The summed E-state index contributed by atoms with van der Waals surface area (Å²) in [5.74, 6) is 1.49. The largest absolute Gasteiger partial charge is 0.369 e. The average molecular weight is 354 g/mol. The SMILES string of the molecule is CCCNc1ncc(Br)cc1C(=O)N(CCC)CC1CC1. The lowest BCUT2D eigenvalue weighted by atomic mass is 10.2. The van der Waals surface area contributed by atoms with Gasteiger partial charge in [-0.05, 0) is 53.6 Å². The summed E-state index contributed by atoms with van der Waals surface area (Å²) in [5.41, 5.74) is 0.673. The Morgan fingerprint density at radius 3 is 2.81 bits per heavy atom. The topological polar surface area (TPSA) is 45.2 Å². The number of aromatic nitrogens is 1. The van der Waals surface area contributed by atoms with Crippen LogP contribution in [0.1, 0.15) is 49.9 Å². The number of carbonyl (C=O) groups excluding carboxylic acids is 1. The van der Waals surface area contributed by atoms with E-state index < -0.39 is 0 Å². The molecule has 0 aromatic carbocycles. The van der Waals surface area contributed by atoms with Crippen LogP contribution in [-0.2, 0) is 0 Å². The zero-order chi connectivity index (χ0) is 15.2.